The Hall–Kier alpha value is -1.16. The van der Waals surface area contributed by atoms with Gasteiger partial charge in [0.1, 0.15) is 17.4 Å². The molecule has 0 bridgehead atoms. The van der Waals surface area contributed by atoms with E-state index in [0.29, 0.717) is 13.0 Å². The fraction of sp³-hybridized carbons (Fsp3) is 0.455. The smallest absolute Gasteiger partial charge is 0.133 e. The highest BCUT2D eigenvalue weighted by Gasteiger charge is 2.17. The summed E-state index contributed by atoms with van der Waals surface area (Å²) in [5.41, 5.74) is 5.44. The quantitative estimate of drug-likeness (QED) is 0.837. The van der Waals surface area contributed by atoms with Crippen LogP contribution in [0.4, 0.5) is 8.78 Å². The van der Waals surface area contributed by atoms with Crippen LogP contribution in [-0.2, 0) is 0 Å². The van der Waals surface area contributed by atoms with E-state index in [2.05, 4.69) is 0 Å². The Kier molecular flexibility index (Phi) is 4.03. The molecule has 0 saturated heterocycles. The van der Waals surface area contributed by atoms with Crippen LogP contribution in [0.15, 0.2) is 12.1 Å². The molecule has 15 heavy (non-hydrogen) atoms. The fourth-order valence-electron chi connectivity index (χ4n) is 1.54. The second-order valence-corrected chi connectivity index (χ2v) is 3.48. The number of methoxy groups -OCH3 is 1. The monoisotopic (exact) mass is 215 g/mol. The van der Waals surface area contributed by atoms with Crippen LogP contribution in [-0.4, -0.2) is 13.7 Å². The molecule has 0 aliphatic rings. The summed E-state index contributed by atoms with van der Waals surface area (Å²) in [5, 5.41) is 0. The van der Waals surface area contributed by atoms with E-state index in [1.54, 1.807) is 6.92 Å². The zero-order chi connectivity index (χ0) is 11.4. The van der Waals surface area contributed by atoms with Crippen molar-refractivity contribution in [3.63, 3.8) is 0 Å². The zero-order valence-corrected chi connectivity index (χ0v) is 8.89. The van der Waals surface area contributed by atoms with Gasteiger partial charge in [-0.2, -0.15) is 0 Å². The Morgan fingerprint density at radius 3 is 2.27 bits per heavy atom. The maximum absolute atomic E-state index is 13.5. The number of hydrogen-bond acceptors (Lipinski definition) is 2. The van der Waals surface area contributed by atoms with Gasteiger partial charge in [0.15, 0.2) is 0 Å². The highest BCUT2D eigenvalue weighted by Crippen LogP contribution is 2.28. The van der Waals surface area contributed by atoms with Gasteiger partial charge >= 0.3 is 0 Å². The molecule has 0 aromatic heterocycles. The third-order valence-corrected chi connectivity index (χ3v) is 2.38. The van der Waals surface area contributed by atoms with Gasteiger partial charge in [-0.1, -0.05) is 6.92 Å². The maximum atomic E-state index is 13.5. The van der Waals surface area contributed by atoms with E-state index >= 15 is 0 Å². The second-order valence-electron chi connectivity index (χ2n) is 3.48. The summed E-state index contributed by atoms with van der Waals surface area (Å²) >= 11 is 0. The SMILES string of the molecule is COc1cc(F)c(C(C)CCN)c(F)c1. The first kappa shape index (κ1) is 11.9. The first-order valence-electron chi connectivity index (χ1n) is 4.83. The Morgan fingerprint density at radius 1 is 1.33 bits per heavy atom. The molecule has 1 unspecified atom stereocenters. The van der Waals surface area contributed by atoms with Gasteiger partial charge in [-0.15, -0.1) is 0 Å². The van der Waals surface area contributed by atoms with Crippen molar-refractivity contribution in [3.8, 4) is 5.75 Å². The number of hydrogen-bond donors (Lipinski definition) is 1. The first-order chi connectivity index (χ1) is 7.10. The largest absolute Gasteiger partial charge is 0.497 e. The lowest BCUT2D eigenvalue weighted by atomic mass is 9.96. The minimum atomic E-state index is -0.576. The van der Waals surface area contributed by atoms with Crippen LogP contribution in [0.25, 0.3) is 0 Å². The Labute approximate surface area is 88.0 Å². The van der Waals surface area contributed by atoms with Crippen LogP contribution in [0.3, 0.4) is 0 Å². The predicted octanol–water partition coefficient (Wildman–Crippen LogP) is 2.43. The number of halogens is 2. The van der Waals surface area contributed by atoms with Crippen LogP contribution < -0.4 is 10.5 Å². The molecule has 2 nitrogen and oxygen atoms in total. The van der Waals surface area contributed by atoms with Gasteiger partial charge in [-0.3, -0.25) is 0 Å². The molecule has 1 aromatic rings. The Morgan fingerprint density at radius 2 is 1.87 bits per heavy atom. The van der Waals surface area contributed by atoms with Gasteiger partial charge in [0.05, 0.1) is 7.11 Å². The van der Waals surface area contributed by atoms with E-state index in [1.165, 1.54) is 19.2 Å². The van der Waals surface area contributed by atoms with E-state index in [9.17, 15) is 8.78 Å². The summed E-state index contributed by atoms with van der Waals surface area (Å²) in [7, 11) is 1.37. The van der Waals surface area contributed by atoms with Crippen LogP contribution in [0.5, 0.6) is 5.75 Å². The highest BCUT2D eigenvalue weighted by atomic mass is 19.1. The summed E-state index contributed by atoms with van der Waals surface area (Å²) in [4.78, 5) is 0. The topological polar surface area (TPSA) is 35.2 Å². The summed E-state index contributed by atoms with van der Waals surface area (Å²) in [6, 6.07) is 2.37. The van der Waals surface area contributed by atoms with Crippen LogP contribution in [0, 0.1) is 11.6 Å². The molecule has 1 atom stereocenters. The van der Waals surface area contributed by atoms with Gasteiger partial charge in [-0.05, 0) is 18.9 Å². The number of rotatable bonds is 4. The molecule has 0 aliphatic heterocycles. The molecule has 4 heteroatoms. The molecule has 0 radical (unpaired) electrons. The fourth-order valence-corrected chi connectivity index (χ4v) is 1.54. The summed E-state index contributed by atoms with van der Waals surface area (Å²) in [6.45, 7) is 2.16. The highest BCUT2D eigenvalue weighted by molar-refractivity contribution is 5.32. The van der Waals surface area contributed by atoms with Crippen molar-refractivity contribution in [3.05, 3.63) is 29.3 Å². The second kappa shape index (κ2) is 5.07. The number of benzene rings is 1. The van der Waals surface area contributed by atoms with E-state index in [0.717, 1.165) is 0 Å². The maximum Gasteiger partial charge on any atom is 0.133 e. The van der Waals surface area contributed by atoms with E-state index in [4.69, 9.17) is 10.5 Å². The van der Waals surface area contributed by atoms with Gasteiger partial charge in [-0.25, -0.2) is 8.78 Å². The standard InChI is InChI=1S/C11H15F2NO/c1-7(3-4-14)11-9(12)5-8(15-2)6-10(11)13/h5-7H,3-4,14H2,1-2H3. The van der Waals surface area contributed by atoms with E-state index < -0.39 is 11.6 Å². The van der Waals surface area contributed by atoms with Gasteiger partial charge in [0.2, 0.25) is 0 Å². The molecule has 0 spiro atoms. The lowest BCUT2D eigenvalue weighted by Crippen LogP contribution is -2.08. The lowest BCUT2D eigenvalue weighted by Gasteiger charge is -2.13. The van der Waals surface area contributed by atoms with Crippen LogP contribution >= 0.6 is 0 Å². The van der Waals surface area contributed by atoms with Crippen molar-refractivity contribution in [2.45, 2.75) is 19.3 Å². The molecule has 0 aliphatic carbocycles. The van der Waals surface area contributed by atoms with Gasteiger partial charge in [0, 0.05) is 17.7 Å². The molecular weight excluding hydrogens is 200 g/mol. The first-order valence-corrected chi connectivity index (χ1v) is 4.83. The van der Waals surface area contributed by atoms with Gasteiger partial charge in [0.25, 0.3) is 0 Å². The Balaban J connectivity index is 3.07. The predicted molar refractivity (Wildman–Crippen MR) is 55.0 cm³/mol. The minimum absolute atomic E-state index is 0.0845. The number of ether oxygens (including phenoxy) is 1. The van der Waals surface area contributed by atoms with Gasteiger partial charge < -0.3 is 10.5 Å². The summed E-state index contributed by atoms with van der Waals surface area (Å²) in [6.07, 6.45) is 0.556. The molecule has 1 aromatic carbocycles. The molecule has 0 amide bonds. The lowest BCUT2D eigenvalue weighted by molar-refractivity contribution is 0.403. The van der Waals surface area contributed by atoms with Crippen LogP contribution in [0.1, 0.15) is 24.8 Å². The molecule has 2 N–H and O–H groups in total. The third-order valence-electron chi connectivity index (χ3n) is 2.38. The summed E-state index contributed by atoms with van der Waals surface area (Å²) < 4.78 is 31.8. The summed E-state index contributed by atoms with van der Waals surface area (Å²) in [5.74, 6) is -1.18. The molecule has 0 fully saturated rings. The van der Waals surface area contributed by atoms with E-state index in [1.807, 2.05) is 0 Å². The molecule has 0 saturated carbocycles. The average Bonchev–Trinajstić information content (AvgIpc) is 2.16. The van der Waals surface area contributed by atoms with Crippen molar-refractivity contribution < 1.29 is 13.5 Å². The normalized spacial score (nSPS) is 12.6. The molecule has 1 rings (SSSR count). The van der Waals surface area contributed by atoms with Crippen molar-refractivity contribution >= 4 is 0 Å². The van der Waals surface area contributed by atoms with Crippen molar-refractivity contribution in [1.82, 2.24) is 0 Å². The number of nitrogens with two attached hydrogens (primary N) is 1. The van der Waals surface area contributed by atoms with Crippen LogP contribution in [0.2, 0.25) is 0 Å². The minimum Gasteiger partial charge on any atom is -0.497 e. The van der Waals surface area contributed by atoms with Crippen molar-refractivity contribution in [1.29, 1.82) is 0 Å². The average molecular weight is 215 g/mol. The Bertz CT molecular complexity index is 318. The van der Waals surface area contributed by atoms with E-state index in [-0.39, 0.29) is 17.2 Å². The molecule has 84 valence electrons. The third kappa shape index (κ3) is 2.65. The molecule has 0 heterocycles. The zero-order valence-electron chi connectivity index (χ0n) is 8.89. The van der Waals surface area contributed by atoms with Crippen molar-refractivity contribution in [2.24, 2.45) is 5.73 Å². The molecular formula is C11H15F2NO. The van der Waals surface area contributed by atoms with Crippen molar-refractivity contribution in [2.75, 3.05) is 13.7 Å².